The highest BCUT2D eigenvalue weighted by Gasteiger charge is 2.18. The van der Waals surface area contributed by atoms with E-state index in [1.54, 1.807) is 13.3 Å². The third kappa shape index (κ3) is 3.49. The molecule has 0 spiro atoms. The average molecular weight is 322 g/mol. The fourth-order valence-corrected chi connectivity index (χ4v) is 2.72. The zero-order valence-corrected chi connectivity index (χ0v) is 14.3. The average Bonchev–Trinajstić information content (AvgIpc) is 3.10. The molecule has 0 aliphatic carbocycles. The van der Waals surface area contributed by atoms with Crippen LogP contribution in [-0.4, -0.2) is 24.0 Å². The van der Waals surface area contributed by atoms with E-state index in [-0.39, 0.29) is 6.04 Å². The molecule has 0 radical (unpaired) electrons. The first-order chi connectivity index (χ1) is 11.7. The van der Waals surface area contributed by atoms with E-state index in [0.717, 1.165) is 22.6 Å². The Morgan fingerprint density at radius 1 is 1.08 bits per heavy atom. The van der Waals surface area contributed by atoms with Crippen LogP contribution < -0.4 is 4.74 Å². The van der Waals surface area contributed by atoms with E-state index in [4.69, 9.17) is 9.15 Å². The minimum Gasteiger partial charge on any atom is -0.496 e. The number of para-hydroxylation sites is 1. The molecule has 0 saturated carbocycles. The smallest absolute Gasteiger partial charge is 0.209 e. The summed E-state index contributed by atoms with van der Waals surface area (Å²) in [5, 5.41) is 0. The van der Waals surface area contributed by atoms with E-state index >= 15 is 0 Å². The van der Waals surface area contributed by atoms with Gasteiger partial charge < -0.3 is 9.15 Å². The summed E-state index contributed by atoms with van der Waals surface area (Å²) in [4.78, 5) is 6.60. The first-order valence-electron chi connectivity index (χ1n) is 8.02. The van der Waals surface area contributed by atoms with Gasteiger partial charge >= 0.3 is 0 Å². The number of hydrogen-bond donors (Lipinski definition) is 0. The summed E-state index contributed by atoms with van der Waals surface area (Å²) < 4.78 is 11.4. The van der Waals surface area contributed by atoms with Gasteiger partial charge in [0.15, 0.2) is 5.76 Å². The summed E-state index contributed by atoms with van der Waals surface area (Å²) in [7, 11) is 3.76. The molecule has 124 valence electrons. The molecule has 2 aromatic carbocycles. The molecule has 4 heteroatoms. The highest BCUT2D eigenvalue weighted by atomic mass is 16.5. The highest BCUT2D eigenvalue weighted by molar-refractivity contribution is 5.55. The number of ether oxygens (including phenoxy) is 1. The Morgan fingerprint density at radius 3 is 2.54 bits per heavy atom. The van der Waals surface area contributed by atoms with Crippen LogP contribution in [0.25, 0.3) is 11.3 Å². The molecule has 0 aliphatic rings. The van der Waals surface area contributed by atoms with Crippen LogP contribution in [0.1, 0.15) is 24.4 Å². The fraction of sp³-hybridized carbons (Fsp3) is 0.250. The van der Waals surface area contributed by atoms with Crippen molar-refractivity contribution in [1.82, 2.24) is 9.88 Å². The molecule has 1 aromatic heterocycles. The van der Waals surface area contributed by atoms with Crippen LogP contribution in [0.4, 0.5) is 0 Å². The Morgan fingerprint density at radius 2 is 1.79 bits per heavy atom. The van der Waals surface area contributed by atoms with Gasteiger partial charge in [-0.3, -0.25) is 4.90 Å². The fourth-order valence-electron chi connectivity index (χ4n) is 2.72. The van der Waals surface area contributed by atoms with Crippen LogP contribution in [0, 0.1) is 0 Å². The highest BCUT2D eigenvalue weighted by Crippen LogP contribution is 2.29. The molecule has 1 heterocycles. The van der Waals surface area contributed by atoms with E-state index in [0.29, 0.717) is 12.4 Å². The normalized spacial score (nSPS) is 12.3. The Labute approximate surface area is 142 Å². The third-order valence-corrected chi connectivity index (χ3v) is 4.25. The lowest BCUT2D eigenvalue weighted by molar-refractivity contribution is 0.224. The van der Waals surface area contributed by atoms with Crippen molar-refractivity contribution in [3.8, 4) is 17.1 Å². The summed E-state index contributed by atoms with van der Waals surface area (Å²) >= 11 is 0. The van der Waals surface area contributed by atoms with Crippen LogP contribution in [0.2, 0.25) is 0 Å². The third-order valence-electron chi connectivity index (χ3n) is 4.25. The Hall–Kier alpha value is -2.59. The van der Waals surface area contributed by atoms with Crippen LogP contribution in [0.5, 0.6) is 5.75 Å². The largest absolute Gasteiger partial charge is 0.496 e. The summed E-state index contributed by atoms with van der Waals surface area (Å²) in [6.45, 7) is 2.78. The summed E-state index contributed by atoms with van der Waals surface area (Å²) in [5.41, 5.74) is 2.19. The lowest BCUT2D eigenvalue weighted by atomic mass is 10.1. The second kappa shape index (κ2) is 7.32. The van der Waals surface area contributed by atoms with Gasteiger partial charge in [-0.15, -0.1) is 0 Å². The first kappa shape index (κ1) is 16.3. The Balaban J connectivity index is 1.73. The van der Waals surface area contributed by atoms with Crippen molar-refractivity contribution in [3.63, 3.8) is 0 Å². The zero-order valence-electron chi connectivity index (χ0n) is 14.3. The van der Waals surface area contributed by atoms with Gasteiger partial charge in [0.05, 0.1) is 19.9 Å². The van der Waals surface area contributed by atoms with Crippen molar-refractivity contribution >= 4 is 0 Å². The number of benzene rings is 2. The second-order valence-corrected chi connectivity index (χ2v) is 5.82. The number of methoxy groups -OCH3 is 1. The maximum atomic E-state index is 5.90. The standard InChI is InChI=1S/C20H22N2O2/c1-15(17-11-7-8-12-18(17)23-3)22(2)14-20-21-13-19(24-20)16-9-5-4-6-10-16/h4-13,15H,14H2,1-3H3. The Kier molecular flexibility index (Phi) is 4.96. The molecule has 0 N–H and O–H groups in total. The summed E-state index contributed by atoms with van der Waals surface area (Å²) in [6, 6.07) is 18.3. The predicted molar refractivity (Wildman–Crippen MR) is 94.8 cm³/mol. The molecule has 3 rings (SSSR count). The first-order valence-corrected chi connectivity index (χ1v) is 8.02. The number of rotatable bonds is 6. The van der Waals surface area contributed by atoms with Crippen LogP contribution in [0.15, 0.2) is 65.2 Å². The van der Waals surface area contributed by atoms with E-state index < -0.39 is 0 Å². The molecule has 0 fully saturated rings. The molecule has 3 aromatic rings. The van der Waals surface area contributed by atoms with Crippen molar-refractivity contribution in [1.29, 1.82) is 0 Å². The maximum absolute atomic E-state index is 5.90. The van der Waals surface area contributed by atoms with E-state index in [9.17, 15) is 0 Å². The molecular formula is C20H22N2O2. The van der Waals surface area contributed by atoms with Crippen molar-refractivity contribution < 1.29 is 9.15 Å². The molecular weight excluding hydrogens is 300 g/mol. The molecule has 0 saturated heterocycles. The van der Waals surface area contributed by atoms with Crippen LogP contribution >= 0.6 is 0 Å². The summed E-state index contributed by atoms with van der Waals surface area (Å²) in [5.74, 6) is 2.40. The van der Waals surface area contributed by atoms with E-state index in [1.165, 1.54) is 0 Å². The van der Waals surface area contributed by atoms with Gasteiger partial charge in [0.25, 0.3) is 0 Å². The van der Waals surface area contributed by atoms with E-state index in [1.807, 2.05) is 48.5 Å². The Bertz CT molecular complexity index is 783. The predicted octanol–water partition coefficient (Wildman–Crippen LogP) is 4.54. The second-order valence-electron chi connectivity index (χ2n) is 5.82. The van der Waals surface area contributed by atoms with Crippen LogP contribution in [0.3, 0.4) is 0 Å². The lowest BCUT2D eigenvalue weighted by Crippen LogP contribution is -2.22. The molecule has 4 nitrogen and oxygen atoms in total. The molecule has 0 aliphatic heterocycles. The maximum Gasteiger partial charge on any atom is 0.209 e. The van der Waals surface area contributed by atoms with Gasteiger partial charge in [0.2, 0.25) is 5.89 Å². The number of nitrogens with zero attached hydrogens (tertiary/aromatic N) is 2. The van der Waals surface area contributed by atoms with E-state index in [2.05, 4.69) is 29.9 Å². The van der Waals surface area contributed by atoms with Crippen LogP contribution in [-0.2, 0) is 6.54 Å². The van der Waals surface area contributed by atoms with Crippen molar-refractivity contribution in [2.45, 2.75) is 19.5 Å². The monoisotopic (exact) mass is 322 g/mol. The SMILES string of the molecule is COc1ccccc1C(C)N(C)Cc1ncc(-c2ccccc2)o1. The molecule has 24 heavy (non-hydrogen) atoms. The van der Waals surface area contributed by atoms with Crippen molar-refractivity contribution in [2.24, 2.45) is 0 Å². The molecule has 1 atom stereocenters. The topological polar surface area (TPSA) is 38.5 Å². The molecule has 0 bridgehead atoms. The number of hydrogen-bond acceptors (Lipinski definition) is 4. The van der Waals surface area contributed by atoms with Gasteiger partial charge in [-0.2, -0.15) is 0 Å². The lowest BCUT2D eigenvalue weighted by Gasteiger charge is -2.25. The van der Waals surface area contributed by atoms with Gasteiger partial charge in [-0.1, -0.05) is 48.5 Å². The minimum absolute atomic E-state index is 0.188. The van der Waals surface area contributed by atoms with Gasteiger partial charge in [-0.05, 0) is 20.0 Å². The van der Waals surface area contributed by atoms with Crippen molar-refractivity contribution in [3.05, 3.63) is 72.2 Å². The van der Waals surface area contributed by atoms with Gasteiger partial charge in [0, 0.05) is 17.2 Å². The van der Waals surface area contributed by atoms with Crippen molar-refractivity contribution in [2.75, 3.05) is 14.2 Å². The number of oxazole rings is 1. The number of aromatic nitrogens is 1. The summed E-state index contributed by atoms with van der Waals surface area (Å²) in [6.07, 6.45) is 1.78. The zero-order chi connectivity index (χ0) is 16.9. The van der Waals surface area contributed by atoms with Gasteiger partial charge in [0.1, 0.15) is 5.75 Å². The minimum atomic E-state index is 0.188. The van der Waals surface area contributed by atoms with Gasteiger partial charge in [-0.25, -0.2) is 4.98 Å². The molecule has 1 unspecified atom stereocenters. The molecule has 0 amide bonds. The quantitative estimate of drug-likeness (QED) is 0.667.